The van der Waals surface area contributed by atoms with E-state index in [9.17, 15) is 10.1 Å². The van der Waals surface area contributed by atoms with Crippen molar-refractivity contribution in [3.05, 3.63) is 33.9 Å². The van der Waals surface area contributed by atoms with Crippen LogP contribution in [0.3, 0.4) is 0 Å². The average molecular weight is 292 g/mol. The quantitative estimate of drug-likeness (QED) is 0.632. The van der Waals surface area contributed by atoms with Gasteiger partial charge in [0.1, 0.15) is 5.69 Å². The van der Waals surface area contributed by atoms with Crippen LogP contribution in [0, 0.1) is 16.0 Å². The SMILES string of the molecule is CCC1CCCC(OCc2ccc(NC)c([N+](=O)[O-])c2)C1. The van der Waals surface area contributed by atoms with Gasteiger partial charge in [-0.1, -0.05) is 32.3 Å². The Bertz CT molecular complexity index is 490. The first-order valence-electron chi connectivity index (χ1n) is 7.70. The number of benzene rings is 1. The van der Waals surface area contributed by atoms with Crippen LogP contribution in [0.5, 0.6) is 0 Å². The number of nitro benzene ring substituents is 1. The zero-order chi connectivity index (χ0) is 15.2. The van der Waals surface area contributed by atoms with Crippen LogP contribution in [0.25, 0.3) is 0 Å². The summed E-state index contributed by atoms with van der Waals surface area (Å²) in [6, 6.07) is 5.23. The summed E-state index contributed by atoms with van der Waals surface area (Å²) in [6.45, 7) is 2.68. The first-order valence-corrected chi connectivity index (χ1v) is 7.70. The van der Waals surface area contributed by atoms with Crippen molar-refractivity contribution in [2.75, 3.05) is 12.4 Å². The molecule has 21 heavy (non-hydrogen) atoms. The molecule has 116 valence electrons. The van der Waals surface area contributed by atoms with Gasteiger partial charge in [0.25, 0.3) is 5.69 Å². The van der Waals surface area contributed by atoms with Gasteiger partial charge in [-0.25, -0.2) is 0 Å². The van der Waals surface area contributed by atoms with E-state index in [0.29, 0.717) is 18.4 Å². The molecule has 1 fully saturated rings. The lowest BCUT2D eigenvalue weighted by Gasteiger charge is -2.28. The second-order valence-corrected chi connectivity index (χ2v) is 5.73. The Kier molecular flexibility index (Phi) is 5.56. The molecule has 0 aromatic heterocycles. The summed E-state index contributed by atoms with van der Waals surface area (Å²) in [6.07, 6.45) is 6.26. The zero-order valence-electron chi connectivity index (χ0n) is 12.8. The minimum atomic E-state index is -0.358. The van der Waals surface area contributed by atoms with E-state index in [-0.39, 0.29) is 10.6 Å². The molecule has 0 bridgehead atoms. The van der Waals surface area contributed by atoms with Crippen LogP contribution < -0.4 is 5.32 Å². The number of ether oxygens (including phenoxy) is 1. The van der Waals surface area contributed by atoms with Gasteiger partial charge in [-0.2, -0.15) is 0 Å². The predicted octanol–water partition coefficient (Wildman–Crippen LogP) is 4.12. The number of nitro groups is 1. The first kappa shape index (κ1) is 15.8. The second kappa shape index (κ2) is 7.41. The highest BCUT2D eigenvalue weighted by Gasteiger charge is 2.21. The molecular formula is C16H24N2O3. The summed E-state index contributed by atoms with van der Waals surface area (Å²) >= 11 is 0. The van der Waals surface area contributed by atoms with Crippen molar-refractivity contribution in [1.82, 2.24) is 0 Å². The third-order valence-electron chi connectivity index (χ3n) is 4.33. The molecule has 1 saturated carbocycles. The molecule has 5 heteroatoms. The molecule has 0 spiro atoms. The van der Waals surface area contributed by atoms with Gasteiger partial charge in [-0.05, 0) is 30.4 Å². The topological polar surface area (TPSA) is 64.4 Å². The maximum atomic E-state index is 11.0. The van der Waals surface area contributed by atoms with E-state index in [4.69, 9.17) is 4.74 Å². The van der Waals surface area contributed by atoms with E-state index in [1.165, 1.54) is 19.3 Å². The highest BCUT2D eigenvalue weighted by atomic mass is 16.6. The first-order chi connectivity index (χ1) is 10.1. The number of rotatable bonds is 6. The fraction of sp³-hybridized carbons (Fsp3) is 0.625. The van der Waals surface area contributed by atoms with Crippen molar-refractivity contribution in [3.63, 3.8) is 0 Å². The van der Waals surface area contributed by atoms with E-state index < -0.39 is 0 Å². The van der Waals surface area contributed by atoms with Crippen molar-refractivity contribution in [2.24, 2.45) is 5.92 Å². The van der Waals surface area contributed by atoms with E-state index in [2.05, 4.69) is 12.2 Å². The maximum absolute atomic E-state index is 11.0. The van der Waals surface area contributed by atoms with Gasteiger partial charge in [-0.3, -0.25) is 10.1 Å². The molecule has 1 aromatic rings. The number of hydrogen-bond donors (Lipinski definition) is 1. The predicted molar refractivity (Wildman–Crippen MR) is 83.5 cm³/mol. The number of nitrogens with zero attached hydrogens (tertiary/aromatic N) is 1. The molecule has 1 aliphatic carbocycles. The van der Waals surface area contributed by atoms with Gasteiger partial charge in [-0.15, -0.1) is 0 Å². The molecule has 0 amide bonds. The molecule has 5 nitrogen and oxygen atoms in total. The summed E-state index contributed by atoms with van der Waals surface area (Å²) < 4.78 is 5.97. The van der Waals surface area contributed by atoms with Crippen molar-refractivity contribution in [3.8, 4) is 0 Å². The fourth-order valence-corrected chi connectivity index (χ4v) is 3.01. The van der Waals surface area contributed by atoms with Gasteiger partial charge in [0.15, 0.2) is 0 Å². The van der Waals surface area contributed by atoms with Gasteiger partial charge >= 0.3 is 0 Å². The van der Waals surface area contributed by atoms with Crippen LogP contribution in [0.15, 0.2) is 18.2 Å². The number of anilines is 1. The third kappa shape index (κ3) is 4.17. The van der Waals surface area contributed by atoms with Crippen LogP contribution in [0.4, 0.5) is 11.4 Å². The van der Waals surface area contributed by atoms with Gasteiger partial charge in [0.05, 0.1) is 17.6 Å². The summed E-state index contributed by atoms with van der Waals surface area (Å²) in [4.78, 5) is 10.7. The lowest BCUT2D eigenvalue weighted by atomic mass is 9.85. The third-order valence-corrected chi connectivity index (χ3v) is 4.33. The van der Waals surface area contributed by atoms with Crippen molar-refractivity contribution in [1.29, 1.82) is 0 Å². The summed E-state index contributed by atoms with van der Waals surface area (Å²) in [7, 11) is 1.69. The molecule has 0 aliphatic heterocycles. The van der Waals surface area contributed by atoms with E-state index >= 15 is 0 Å². The molecule has 1 aromatic carbocycles. The second-order valence-electron chi connectivity index (χ2n) is 5.73. The Morgan fingerprint density at radius 2 is 2.24 bits per heavy atom. The number of hydrogen-bond acceptors (Lipinski definition) is 4. The molecule has 2 unspecified atom stereocenters. The average Bonchev–Trinajstić information content (AvgIpc) is 2.52. The van der Waals surface area contributed by atoms with Crippen LogP contribution in [0.2, 0.25) is 0 Å². The molecule has 2 rings (SSSR count). The lowest BCUT2D eigenvalue weighted by molar-refractivity contribution is -0.384. The maximum Gasteiger partial charge on any atom is 0.292 e. The smallest absolute Gasteiger partial charge is 0.292 e. The van der Waals surface area contributed by atoms with E-state index in [1.54, 1.807) is 19.2 Å². The summed E-state index contributed by atoms with van der Waals surface area (Å²) in [5, 5.41) is 13.9. The van der Waals surface area contributed by atoms with Crippen LogP contribution in [-0.4, -0.2) is 18.1 Å². The zero-order valence-corrected chi connectivity index (χ0v) is 12.8. The van der Waals surface area contributed by atoms with Crippen molar-refractivity contribution >= 4 is 11.4 Å². The standard InChI is InChI=1S/C16H24N2O3/c1-3-12-5-4-6-14(9-12)21-11-13-7-8-15(17-2)16(10-13)18(19)20/h7-8,10,12,14,17H,3-6,9,11H2,1-2H3. The Labute approximate surface area is 125 Å². The summed E-state index contributed by atoms with van der Waals surface area (Å²) in [5.74, 6) is 0.768. The summed E-state index contributed by atoms with van der Waals surface area (Å²) in [5.41, 5.74) is 1.50. The molecule has 2 atom stereocenters. The Morgan fingerprint density at radius 3 is 2.90 bits per heavy atom. The van der Waals surface area contributed by atoms with Crippen LogP contribution in [-0.2, 0) is 11.3 Å². The highest BCUT2D eigenvalue weighted by molar-refractivity contribution is 5.62. The molecular weight excluding hydrogens is 268 g/mol. The minimum Gasteiger partial charge on any atom is -0.383 e. The minimum absolute atomic E-state index is 0.105. The molecule has 1 aliphatic rings. The lowest BCUT2D eigenvalue weighted by Crippen LogP contribution is -2.22. The number of nitrogens with one attached hydrogen (secondary N) is 1. The van der Waals surface area contributed by atoms with Gasteiger partial charge < -0.3 is 10.1 Å². The highest BCUT2D eigenvalue weighted by Crippen LogP contribution is 2.30. The Hall–Kier alpha value is -1.62. The molecule has 0 saturated heterocycles. The van der Waals surface area contributed by atoms with Crippen LogP contribution >= 0.6 is 0 Å². The van der Waals surface area contributed by atoms with E-state index in [0.717, 1.165) is 24.3 Å². The largest absolute Gasteiger partial charge is 0.383 e. The monoisotopic (exact) mass is 292 g/mol. The van der Waals surface area contributed by atoms with Crippen molar-refractivity contribution < 1.29 is 9.66 Å². The Balaban J connectivity index is 1.97. The molecule has 0 radical (unpaired) electrons. The molecule has 1 N–H and O–H groups in total. The van der Waals surface area contributed by atoms with E-state index in [1.807, 2.05) is 6.07 Å². The van der Waals surface area contributed by atoms with Crippen molar-refractivity contribution in [2.45, 2.75) is 51.7 Å². The van der Waals surface area contributed by atoms with Gasteiger partial charge in [0.2, 0.25) is 0 Å². The Morgan fingerprint density at radius 1 is 1.43 bits per heavy atom. The van der Waals surface area contributed by atoms with Gasteiger partial charge in [0, 0.05) is 13.1 Å². The normalized spacial score (nSPS) is 22.0. The fourth-order valence-electron chi connectivity index (χ4n) is 3.01. The molecule has 0 heterocycles. The van der Waals surface area contributed by atoms with Crippen LogP contribution in [0.1, 0.15) is 44.6 Å².